The number of nitrogens with zero attached hydrogens (tertiary/aromatic N) is 1. The Morgan fingerprint density at radius 3 is 2.35 bits per heavy atom. The first-order valence-electron chi connectivity index (χ1n) is 6.99. The molecule has 2 nitrogen and oxygen atoms in total. The molecule has 6 heteroatoms. The average Bonchev–Trinajstić information content (AvgIpc) is 2.49. The van der Waals surface area contributed by atoms with Crippen molar-refractivity contribution in [3.8, 4) is 5.75 Å². The Bertz CT molecular complexity index is 709. The Balaban J connectivity index is 2.37. The lowest BCUT2D eigenvalue weighted by molar-refractivity contribution is -0.137. The van der Waals surface area contributed by atoms with Crippen LogP contribution < -0.4 is 4.84 Å². The molecule has 0 radical (unpaired) electrons. The normalized spacial score (nSPS) is 12.3. The lowest BCUT2D eigenvalue weighted by atomic mass is 9.99. The highest BCUT2D eigenvalue weighted by Gasteiger charge is 2.34. The molecule has 0 fully saturated rings. The zero-order chi connectivity index (χ0) is 17.0. The summed E-state index contributed by atoms with van der Waals surface area (Å²) in [6, 6.07) is 10.6. The maximum atomic E-state index is 13.2. The van der Waals surface area contributed by atoms with Crippen molar-refractivity contribution in [2.45, 2.75) is 26.4 Å². The number of alkyl halides is 3. The van der Waals surface area contributed by atoms with Crippen molar-refractivity contribution < 1.29 is 18.0 Å². The second-order valence-corrected chi connectivity index (χ2v) is 5.42. The van der Waals surface area contributed by atoms with Crippen LogP contribution in [-0.2, 0) is 6.18 Å². The van der Waals surface area contributed by atoms with Crippen LogP contribution in [0.15, 0.2) is 47.6 Å². The third-order valence-corrected chi connectivity index (χ3v) is 3.45. The topological polar surface area (TPSA) is 21.6 Å². The van der Waals surface area contributed by atoms with E-state index < -0.39 is 11.7 Å². The molecule has 0 aliphatic rings. The quantitative estimate of drug-likeness (QED) is 0.504. The lowest BCUT2D eigenvalue weighted by Crippen LogP contribution is -2.14. The summed E-state index contributed by atoms with van der Waals surface area (Å²) < 4.78 is 39.7. The summed E-state index contributed by atoms with van der Waals surface area (Å²) in [5, 5.41) is 4.43. The highest BCUT2D eigenvalue weighted by atomic mass is 35.5. The predicted octanol–water partition coefficient (Wildman–Crippen LogP) is 5.86. The molecular formula is C17H15ClF3NO. The number of rotatable bonds is 4. The van der Waals surface area contributed by atoms with Crippen LogP contribution in [0.25, 0.3) is 0 Å². The molecule has 23 heavy (non-hydrogen) atoms. The van der Waals surface area contributed by atoms with Crippen LogP contribution in [0.4, 0.5) is 13.2 Å². The third-order valence-electron chi connectivity index (χ3n) is 3.20. The van der Waals surface area contributed by atoms with Gasteiger partial charge >= 0.3 is 6.18 Å². The molecule has 0 saturated carbocycles. The van der Waals surface area contributed by atoms with Crippen LogP contribution >= 0.6 is 11.6 Å². The summed E-state index contributed by atoms with van der Waals surface area (Å²) in [5.74, 6) is 0.404. The van der Waals surface area contributed by atoms with Crippen LogP contribution in [0.3, 0.4) is 0 Å². The Hall–Kier alpha value is -2.01. The highest BCUT2D eigenvalue weighted by molar-refractivity contribution is 6.30. The van der Waals surface area contributed by atoms with Crippen molar-refractivity contribution in [2.24, 2.45) is 5.16 Å². The van der Waals surface area contributed by atoms with Crippen molar-refractivity contribution in [1.82, 2.24) is 0 Å². The minimum Gasteiger partial charge on any atom is -0.357 e. The van der Waals surface area contributed by atoms with Crippen LogP contribution in [0.5, 0.6) is 5.75 Å². The maximum absolute atomic E-state index is 13.2. The maximum Gasteiger partial charge on any atom is 0.417 e. The fraction of sp³-hybridized carbons (Fsp3) is 0.235. The average molecular weight is 342 g/mol. The fourth-order valence-electron chi connectivity index (χ4n) is 2.05. The SMILES string of the molecule is CC/C(=N/Oc1ccc(Cl)cc1)c1ccc(C)cc1C(F)(F)F. The van der Waals surface area contributed by atoms with Crippen molar-refractivity contribution in [2.75, 3.05) is 0 Å². The Kier molecular flexibility index (Phi) is 5.31. The highest BCUT2D eigenvalue weighted by Crippen LogP contribution is 2.33. The van der Waals surface area contributed by atoms with Crippen LogP contribution in [-0.4, -0.2) is 5.71 Å². The first kappa shape index (κ1) is 17.3. The van der Waals surface area contributed by atoms with Gasteiger partial charge in [0.05, 0.1) is 11.3 Å². The van der Waals surface area contributed by atoms with Crippen LogP contribution in [0.2, 0.25) is 5.02 Å². The molecule has 122 valence electrons. The second-order valence-electron chi connectivity index (χ2n) is 4.98. The third kappa shape index (κ3) is 4.48. The van der Waals surface area contributed by atoms with Gasteiger partial charge in [0, 0.05) is 10.6 Å². The van der Waals surface area contributed by atoms with Gasteiger partial charge in [0.25, 0.3) is 0 Å². The van der Waals surface area contributed by atoms with E-state index in [1.807, 2.05) is 0 Å². The van der Waals surface area contributed by atoms with Gasteiger partial charge in [0.1, 0.15) is 0 Å². The van der Waals surface area contributed by atoms with Crippen molar-refractivity contribution in [3.63, 3.8) is 0 Å². The lowest BCUT2D eigenvalue weighted by Gasteiger charge is -2.14. The van der Waals surface area contributed by atoms with E-state index in [1.165, 1.54) is 6.07 Å². The van der Waals surface area contributed by atoms with E-state index in [-0.39, 0.29) is 11.3 Å². The van der Waals surface area contributed by atoms with Gasteiger partial charge in [-0.05, 0) is 43.7 Å². The van der Waals surface area contributed by atoms with Crippen molar-refractivity contribution in [3.05, 3.63) is 64.2 Å². The van der Waals surface area contributed by atoms with Crippen molar-refractivity contribution in [1.29, 1.82) is 0 Å². The zero-order valence-corrected chi connectivity index (χ0v) is 13.4. The van der Waals surface area contributed by atoms with E-state index in [0.717, 1.165) is 6.07 Å². The molecule has 0 heterocycles. The zero-order valence-electron chi connectivity index (χ0n) is 12.6. The predicted molar refractivity (Wildman–Crippen MR) is 85.1 cm³/mol. The Morgan fingerprint density at radius 2 is 1.78 bits per heavy atom. The number of halogens is 4. The van der Waals surface area contributed by atoms with Crippen LogP contribution in [0.1, 0.15) is 30.0 Å². The van der Waals surface area contributed by atoms with Gasteiger partial charge in [0.15, 0.2) is 5.75 Å². The molecule has 0 bridgehead atoms. The van der Waals surface area contributed by atoms with E-state index in [1.54, 1.807) is 44.2 Å². The molecule has 0 aliphatic heterocycles. The number of hydrogen-bond acceptors (Lipinski definition) is 2. The molecule has 0 spiro atoms. The summed E-state index contributed by atoms with van der Waals surface area (Å²) >= 11 is 5.77. The fourth-order valence-corrected chi connectivity index (χ4v) is 2.18. The van der Waals surface area contributed by atoms with Crippen LogP contribution in [0, 0.1) is 6.92 Å². The van der Waals surface area contributed by atoms with Gasteiger partial charge < -0.3 is 4.84 Å². The molecular weight excluding hydrogens is 327 g/mol. The molecule has 0 N–H and O–H groups in total. The molecule has 0 saturated heterocycles. The molecule has 0 unspecified atom stereocenters. The summed E-state index contributed by atoms with van der Waals surface area (Å²) in [6.07, 6.45) is -4.14. The minimum atomic E-state index is -4.45. The number of hydrogen-bond donors (Lipinski definition) is 0. The Morgan fingerprint density at radius 1 is 1.13 bits per heavy atom. The largest absolute Gasteiger partial charge is 0.417 e. The minimum absolute atomic E-state index is 0.0274. The Labute approximate surface area is 137 Å². The summed E-state index contributed by atoms with van der Waals surface area (Å²) in [6.45, 7) is 3.34. The summed E-state index contributed by atoms with van der Waals surface area (Å²) in [7, 11) is 0. The molecule has 0 aromatic heterocycles. The van der Waals surface area contributed by atoms with Gasteiger partial charge in [-0.3, -0.25) is 0 Å². The summed E-state index contributed by atoms with van der Waals surface area (Å²) in [5.41, 5.74) is 0.0831. The molecule has 2 aromatic carbocycles. The smallest absolute Gasteiger partial charge is 0.357 e. The number of aryl methyl sites for hydroxylation is 1. The van der Waals surface area contributed by atoms with Gasteiger partial charge in [-0.15, -0.1) is 0 Å². The summed E-state index contributed by atoms with van der Waals surface area (Å²) in [4.78, 5) is 5.23. The van der Waals surface area contributed by atoms with E-state index in [0.29, 0.717) is 22.8 Å². The molecule has 2 rings (SSSR count). The van der Waals surface area contributed by atoms with E-state index in [9.17, 15) is 13.2 Å². The van der Waals surface area contributed by atoms with E-state index in [2.05, 4.69) is 5.16 Å². The van der Waals surface area contributed by atoms with Gasteiger partial charge in [-0.25, -0.2) is 0 Å². The van der Waals surface area contributed by atoms with Crippen molar-refractivity contribution >= 4 is 17.3 Å². The van der Waals surface area contributed by atoms with Gasteiger partial charge in [0.2, 0.25) is 0 Å². The second kappa shape index (κ2) is 7.04. The number of benzene rings is 2. The van der Waals surface area contributed by atoms with E-state index >= 15 is 0 Å². The van der Waals surface area contributed by atoms with E-state index in [4.69, 9.17) is 16.4 Å². The first-order chi connectivity index (χ1) is 10.8. The molecule has 0 atom stereocenters. The monoisotopic (exact) mass is 341 g/mol. The van der Waals surface area contributed by atoms with Gasteiger partial charge in [-0.1, -0.05) is 41.4 Å². The number of oxime groups is 1. The first-order valence-corrected chi connectivity index (χ1v) is 7.36. The molecule has 0 aliphatic carbocycles. The molecule has 2 aromatic rings. The standard InChI is InChI=1S/C17H15ClF3NO/c1-3-16(22-23-13-7-5-12(18)6-8-13)14-9-4-11(2)10-15(14)17(19,20)21/h4-10H,3H2,1-2H3/b22-16-. The molecule has 0 amide bonds. The van der Waals surface area contributed by atoms with Gasteiger partial charge in [-0.2, -0.15) is 13.2 Å².